The Bertz CT molecular complexity index is 902. The zero-order valence-electron chi connectivity index (χ0n) is 17.3. The molecule has 0 aliphatic carbocycles. The van der Waals surface area contributed by atoms with Crippen LogP contribution in [0.2, 0.25) is 0 Å². The Balaban J connectivity index is 1.50. The van der Waals surface area contributed by atoms with Gasteiger partial charge in [-0.25, -0.2) is 4.79 Å². The molecule has 4 rings (SSSR count). The molecule has 0 saturated carbocycles. The van der Waals surface area contributed by atoms with Crippen molar-refractivity contribution in [2.24, 2.45) is 0 Å². The molecule has 3 heterocycles. The number of rotatable bonds is 6. The van der Waals surface area contributed by atoms with Gasteiger partial charge in [0.1, 0.15) is 23.5 Å². The maximum atomic E-state index is 13.2. The van der Waals surface area contributed by atoms with E-state index in [1.807, 2.05) is 6.07 Å². The van der Waals surface area contributed by atoms with Crippen LogP contribution in [0, 0.1) is 0 Å². The SMILES string of the molecule is CC1(C)S[C@@H]2C(NC(=O)C(NC(=O)C3CCCN3)c3ccccc3)C(=O)N2[C@H]1C(=O)O. The highest BCUT2D eigenvalue weighted by Crippen LogP contribution is 2.50. The molecule has 31 heavy (non-hydrogen) atoms. The standard InChI is InChI=1S/C21H26N4O5S/c1-21(2)15(20(29)30)25-18(28)14(19(25)31-21)24-17(27)13(11-7-4-3-5-8-11)23-16(26)12-9-6-10-22-12/h3-5,7-8,12-15,19,22H,6,9-10H2,1-2H3,(H,23,26)(H,24,27)(H,29,30)/t12?,13?,14?,15-,19+/m0/s1. The van der Waals surface area contributed by atoms with Crippen molar-refractivity contribution in [3.8, 4) is 0 Å². The smallest absolute Gasteiger partial charge is 0.327 e. The fourth-order valence-electron chi connectivity index (χ4n) is 4.48. The van der Waals surface area contributed by atoms with Crippen molar-refractivity contribution in [1.82, 2.24) is 20.9 Å². The minimum Gasteiger partial charge on any atom is -0.480 e. The Kier molecular flexibility index (Phi) is 5.69. The summed E-state index contributed by atoms with van der Waals surface area (Å²) in [5.74, 6) is -2.23. The summed E-state index contributed by atoms with van der Waals surface area (Å²) in [4.78, 5) is 51.5. The van der Waals surface area contributed by atoms with Crippen molar-refractivity contribution < 1.29 is 24.3 Å². The monoisotopic (exact) mass is 446 g/mol. The fourth-order valence-corrected chi connectivity index (χ4v) is 6.10. The largest absolute Gasteiger partial charge is 0.480 e. The van der Waals surface area contributed by atoms with Crippen LogP contribution in [0.25, 0.3) is 0 Å². The Hall–Kier alpha value is -2.59. The van der Waals surface area contributed by atoms with Crippen LogP contribution in [0.1, 0.15) is 38.3 Å². The Labute approximate surface area is 184 Å². The number of hydrogen-bond acceptors (Lipinski definition) is 6. The lowest BCUT2D eigenvalue weighted by molar-refractivity contribution is -0.161. The van der Waals surface area contributed by atoms with Crippen LogP contribution in [0.3, 0.4) is 0 Å². The average Bonchev–Trinajstić information content (AvgIpc) is 3.35. The highest BCUT2D eigenvalue weighted by atomic mass is 32.2. The van der Waals surface area contributed by atoms with Crippen LogP contribution in [0.15, 0.2) is 30.3 Å². The van der Waals surface area contributed by atoms with Gasteiger partial charge in [0, 0.05) is 4.75 Å². The Morgan fingerprint density at radius 2 is 1.97 bits per heavy atom. The van der Waals surface area contributed by atoms with E-state index in [9.17, 15) is 24.3 Å². The molecule has 3 aliphatic heterocycles. The first-order valence-corrected chi connectivity index (χ1v) is 11.2. The molecule has 10 heteroatoms. The van der Waals surface area contributed by atoms with Crippen molar-refractivity contribution >= 4 is 35.5 Å². The molecule has 0 spiro atoms. The lowest BCUT2D eigenvalue weighted by Gasteiger charge is -2.44. The number of carbonyl (C=O) groups is 4. The van der Waals surface area contributed by atoms with Crippen molar-refractivity contribution in [2.75, 3.05) is 6.54 Å². The number of benzene rings is 1. The zero-order valence-corrected chi connectivity index (χ0v) is 18.1. The van der Waals surface area contributed by atoms with E-state index in [1.165, 1.54) is 16.7 Å². The molecule has 4 N–H and O–H groups in total. The third kappa shape index (κ3) is 3.89. The summed E-state index contributed by atoms with van der Waals surface area (Å²) in [6, 6.07) is 5.79. The van der Waals surface area contributed by atoms with E-state index in [0.29, 0.717) is 12.0 Å². The Morgan fingerprint density at radius 3 is 2.58 bits per heavy atom. The lowest BCUT2D eigenvalue weighted by Crippen LogP contribution is -2.71. The predicted molar refractivity (Wildman–Crippen MR) is 114 cm³/mol. The highest BCUT2D eigenvalue weighted by Gasteiger charge is 2.64. The number of carboxylic acids is 1. The van der Waals surface area contributed by atoms with Crippen LogP contribution in [0.5, 0.6) is 0 Å². The van der Waals surface area contributed by atoms with E-state index in [1.54, 1.807) is 38.1 Å². The fraction of sp³-hybridized carbons (Fsp3) is 0.524. The summed E-state index contributed by atoms with van der Waals surface area (Å²) in [6.45, 7) is 4.32. The molecule has 0 aromatic heterocycles. The van der Waals surface area contributed by atoms with Crippen LogP contribution >= 0.6 is 11.8 Å². The number of carbonyl (C=O) groups excluding carboxylic acids is 3. The molecule has 5 atom stereocenters. The van der Waals surface area contributed by atoms with Crippen molar-refractivity contribution in [1.29, 1.82) is 0 Å². The third-order valence-electron chi connectivity index (χ3n) is 6.03. The number of β-lactam (4-membered cyclic amide) rings is 1. The van der Waals surface area contributed by atoms with Gasteiger partial charge in [-0.15, -0.1) is 11.8 Å². The van der Waals surface area contributed by atoms with Crippen molar-refractivity contribution in [2.45, 2.75) is 61.0 Å². The lowest BCUT2D eigenvalue weighted by atomic mass is 9.95. The van der Waals surface area contributed by atoms with Gasteiger partial charge in [-0.3, -0.25) is 14.4 Å². The van der Waals surface area contributed by atoms with Crippen molar-refractivity contribution in [3.63, 3.8) is 0 Å². The number of aliphatic carboxylic acids is 1. The summed E-state index contributed by atoms with van der Waals surface area (Å²) in [6.07, 6.45) is 1.60. The van der Waals surface area contributed by atoms with Gasteiger partial charge in [0.05, 0.1) is 6.04 Å². The van der Waals surface area contributed by atoms with E-state index in [4.69, 9.17) is 0 Å². The van der Waals surface area contributed by atoms with E-state index >= 15 is 0 Å². The summed E-state index contributed by atoms with van der Waals surface area (Å²) < 4.78 is -0.674. The van der Waals surface area contributed by atoms with Gasteiger partial charge in [-0.1, -0.05) is 30.3 Å². The molecule has 1 aromatic carbocycles. The number of amides is 3. The van der Waals surface area contributed by atoms with Gasteiger partial charge in [0.25, 0.3) is 0 Å². The van der Waals surface area contributed by atoms with Gasteiger partial charge in [-0.05, 0) is 38.8 Å². The molecule has 3 saturated heterocycles. The topological polar surface area (TPSA) is 128 Å². The average molecular weight is 447 g/mol. The molecular formula is C21H26N4O5S. The number of hydrogen-bond donors (Lipinski definition) is 4. The minimum atomic E-state index is -1.06. The first kappa shape index (κ1) is 21.6. The highest BCUT2D eigenvalue weighted by molar-refractivity contribution is 8.01. The maximum Gasteiger partial charge on any atom is 0.327 e. The molecule has 3 unspecified atom stereocenters. The quantitative estimate of drug-likeness (QED) is 0.461. The third-order valence-corrected chi connectivity index (χ3v) is 7.60. The molecule has 3 aliphatic rings. The van der Waals surface area contributed by atoms with E-state index in [-0.39, 0.29) is 11.9 Å². The summed E-state index contributed by atoms with van der Waals surface area (Å²) in [5.41, 5.74) is 0.609. The van der Waals surface area contributed by atoms with E-state index in [0.717, 1.165) is 13.0 Å². The van der Waals surface area contributed by atoms with Gasteiger partial charge in [0.2, 0.25) is 17.7 Å². The normalized spacial score (nSPS) is 29.6. The molecule has 0 radical (unpaired) electrons. The van der Waals surface area contributed by atoms with Gasteiger partial charge >= 0.3 is 5.97 Å². The first-order valence-electron chi connectivity index (χ1n) is 10.3. The van der Waals surface area contributed by atoms with Crippen molar-refractivity contribution in [3.05, 3.63) is 35.9 Å². The van der Waals surface area contributed by atoms with Crippen LogP contribution in [0.4, 0.5) is 0 Å². The van der Waals surface area contributed by atoms with Crippen LogP contribution in [-0.2, 0) is 19.2 Å². The molecule has 166 valence electrons. The second kappa shape index (κ2) is 8.16. The first-order chi connectivity index (χ1) is 14.7. The minimum absolute atomic E-state index is 0.259. The predicted octanol–water partition coefficient (Wildman–Crippen LogP) is 0.228. The summed E-state index contributed by atoms with van der Waals surface area (Å²) in [7, 11) is 0. The van der Waals surface area contributed by atoms with Gasteiger partial charge in [-0.2, -0.15) is 0 Å². The molecule has 3 amide bonds. The number of carboxylic acid groups (broad SMARTS) is 1. The Morgan fingerprint density at radius 1 is 1.26 bits per heavy atom. The van der Waals surface area contributed by atoms with E-state index < -0.39 is 46.0 Å². The summed E-state index contributed by atoms with van der Waals surface area (Å²) in [5, 5.41) is 17.8. The molecule has 9 nitrogen and oxygen atoms in total. The number of nitrogens with one attached hydrogen (secondary N) is 3. The van der Waals surface area contributed by atoms with Gasteiger partial charge < -0.3 is 26.0 Å². The van der Waals surface area contributed by atoms with Crippen LogP contribution in [-0.4, -0.2) is 68.5 Å². The number of thioether (sulfide) groups is 1. The number of nitrogens with zero attached hydrogens (tertiary/aromatic N) is 1. The molecule has 0 bridgehead atoms. The molecule has 3 fully saturated rings. The summed E-state index contributed by atoms with van der Waals surface area (Å²) >= 11 is 1.36. The second-order valence-corrected chi connectivity index (χ2v) is 10.4. The second-order valence-electron chi connectivity index (χ2n) is 8.59. The van der Waals surface area contributed by atoms with Gasteiger partial charge in [0.15, 0.2) is 0 Å². The maximum absolute atomic E-state index is 13.2. The van der Waals surface area contributed by atoms with Crippen LogP contribution < -0.4 is 16.0 Å². The number of fused-ring (bicyclic) bond motifs is 1. The van der Waals surface area contributed by atoms with E-state index in [2.05, 4.69) is 16.0 Å². The molecule has 1 aromatic rings. The zero-order chi connectivity index (χ0) is 22.3. The molecular weight excluding hydrogens is 420 g/mol.